The first-order valence-corrected chi connectivity index (χ1v) is 8.60. The van der Waals surface area contributed by atoms with Crippen molar-refractivity contribution in [3.8, 4) is 0 Å². The number of benzene rings is 1. The van der Waals surface area contributed by atoms with Gasteiger partial charge in [-0.2, -0.15) is 0 Å². The van der Waals surface area contributed by atoms with Crippen LogP contribution in [0.5, 0.6) is 0 Å². The fraction of sp³-hybridized carbons (Fsp3) is 0.357. The molecule has 2 rings (SSSR count). The third-order valence-corrected chi connectivity index (χ3v) is 4.72. The van der Waals surface area contributed by atoms with Crippen molar-refractivity contribution in [2.24, 2.45) is 5.92 Å². The standard InChI is InChI=1S/C14H13NO7S.Na.H/c1-23(21,22)8-5-6-9(10(7-8)15(19)20)14(18)13-11(16)3-2-4-12(13)17;;/h5-7,13H,2-4H2,1H3;;. The predicted octanol–water partition coefficient (Wildman–Crippen LogP) is 0.471. The number of sulfone groups is 1. The van der Waals surface area contributed by atoms with Gasteiger partial charge in [-0.15, -0.1) is 0 Å². The first kappa shape index (κ1) is 20.6. The molecule has 124 valence electrons. The molecule has 0 unspecified atom stereocenters. The summed E-state index contributed by atoms with van der Waals surface area (Å²) in [6.07, 6.45) is 1.37. The Morgan fingerprint density at radius 1 is 1.21 bits per heavy atom. The van der Waals surface area contributed by atoms with E-state index in [0.717, 1.165) is 24.5 Å². The SMILES string of the molecule is CS(=O)(=O)c1ccc(C(=O)C2C(=O)CCCC2=O)c([N+](=O)[O-])c1.[NaH]. The number of rotatable bonds is 4. The summed E-state index contributed by atoms with van der Waals surface area (Å²) in [6.45, 7) is 0. The molecule has 0 amide bonds. The van der Waals surface area contributed by atoms with Crippen molar-refractivity contribution in [1.82, 2.24) is 0 Å². The van der Waals surface area contributed by atoms with Gasteiger partial charge in [-0.1, -0.05) is 0 Å². The van der Waals surface area contributed by atoms with Crippen LogP contribution in [0.25, 0.3) is 0 Å². The Hall–Kier alpha value is -1.42. The Labute approximate surface area is 160 Å². The molecule has 0 N–H and O–H groups in total. The monoisotopic (exact) mass is 363 g/mol. The Kier molecular flexibility index (Phi) is 6.57. The number of nitrogens with zero attached hydrogens (tertiary/aromatic N) is 1. The van der Waals surface area contributed by atoms with Gasteiger partial charge >= 0.3 is 29.6 Å². The number of nitro groups is 1. The molecule has 1 aliphatic rings. The van der Waals surface area contributed by atoms with Crippen LogP contribution in [0.3, 0.4) is 0 Å². The van der Waals surface area contributed by atoms with Crippen molar-refractivity contribution in [2.75, 3.05) is 6.26 Å². The Morgan fingerprint density at radius 2 is 1.75 bits per heavy atom. The summed E-state index contributed by atoms with van der Waals surface area (Å²) in [4.78, 5) is 46.0. The number of carbonyl (C=O) groups excluding carboxylic acids is 3. The van der Waals surface area contributed by atoms with Gasteiger partial charge in [0.2, 0.25) is 0 Å². The summed E-state index contributed by atoms with van der Waals surface area (Å²) in [7, 11) is -3.70. The fourth-order valence-electron chi connectivity index (χ4n) is 2.45. The van der Waals surface area contributed by atoms with E-state index in [0.29, 0.717) is 6.42 Å². The zero-order chi connectivity index (χ0) is 17.4. The second-order valence-corrected chi connectivity index (χ2v) is 7.31. The number of hydrogen-bond donors (Lipinski definition) is 0. The van der Waals surface area contributed by atoms with E-state index in [2.05, 4.69) is 0 Å². The van der Waals surface area contributed by atoms with Crippen LogP contribution in [0.2, 0.25) is 0 Å². The fourth-order valence-corrected chi connectivity index (χ4v) is 3.10. The molecular weight excluding hydrogens is 349 g/mol. The second-order valence-electron chi connectivity index (χ2n) is 5.29. The van der Waals surface area contributed by atoms with E-state index in [1.165, 1.54) is 0 Å². The molecule has 24 heavy (non-hydrogen) atoms. The van der Waals surface area contributed by atoms with Crippen molar-refractivity contribution in [2.45, 2.75) is 24.2 Å². The van der Waals surface area contributed by atoms with Gasteiger partial charge in [-0.05, 0) is 18.6 Å². The summed E-state index contributed by atoms with van der Waals surface area (Å²) in [5.74, 6) is -3.61. The molecule has 0 aromatic heterocycles. The van der Waals surface area contributed by atoms with E-state index in [-0.39, 0.29) is 47.3 Å². The first-order chi connectivity index (χ1) is 10.6. The van der Waals surface area contributed by atoms with Crippen LogP contribution in [0, 0.1) is 16.0 Å². The molecule has 0 bridgehead atoms. The average Bonchev–Trinajstić information content (AvgIpc) is 2.45. The van der Waals surface area contributed by atoms with E-state index in [1.54, 1.807) is 0 Å². The molecule has 0 saturated heterocycles. The summed E-state index contributed by atoms with van der Waals surface area (Å²) < 4.78 is 23.0. The number of ketones is 3. The number of hydrogen-bond acceptors (Lipinski definition) is 7. The van der Waals surface area contributed by atoms with Crippen LogP contribution in [0.15, 0.2) is 23.1 Å². The van der Waals surface area contributed by atoms with Crippen LogP contribution in [0.4, 0.5) is 5.69 Å². The second kappa shape index (κ2) is 7.64. The van der Waals surface area contributed by atoms with Gasteiger partial charge in [0.05, 0.1) is 15.4 Å². The molecule has 1 fully saturated rings. The predicted molar refractivity (Wildman–Crippen MR) is 85.0 cm³/mol. The van der Waals surface area contributed by atoms with Crippen LogP contribution in [-0.4, -0.2) is 66.5 Å². The zero-order valence-electron chi connectivity index (χ0n) is 12.1. The summed E-state index contributed by atoms with van der Waals surface area (Å²) in [5.41, 5.74) is -1.17. The number of Topliss-reactive ketones (excluding diaryl/α,β-unsaturated/α-hetero) is 3. The normalized spacial score (nSPS) is 15.7. The van der Waals surface area contributed by atoms with Crippen LogP contribution < -0.4 is 0 Å². The van der Waals surface area contributed by atoms with Crippen molar-refractivity contribution < 1.29 is 27.7 Å². The van der Waals surface area contributed by atoms with Crippen molar-refractivity contribution in [3.05, 3.63) is 33.9 Å². The van der Waals surface area contributed by atoms with Gasteiger partial charge in [-0.25, -0.2) is 8.42 Å². The molecule has 10 heteroatoms. The van der Waals surface area contributed by atoms with Gasteiger partial charge < -0.3 is 0 Å². The Morgan fingerprint density at radius 3 is 2.21 bits per heavy atom. The van der Waals surface area contributed by atoms with E-state index < -0.39 is 49.3 Å². The van der Waals surface area contributed by atoms with Gasteiger partial charge in [0.1, 0.15) is 5.92 Å². The number of carbonyl (C=O) groups is 3. The number of nitro benzene ring substituents is 1. The zero-order valence-corrected chi connectivity index (χ0v) is 13.0. The molecule has 0 aliphatic heterocycles. The molecule has 0 spiro atoms. The Balaban J connectivity index is 0.00000288. The summed E-state index contributed by atoms with van der Waals surface area (Å²) in [6, 6.07) is 2.79. The molecule has 1 aromatic carbocycles. The molecule has 1 aromatic rings. The minimum atomic E-state index is -3.70. The average molecular weight is 363 g/mol. The molecule has 0 atom stereocenters. The summed E-state index contributed by atoms with van der Waals surface area (Å²) in [5, 5.41) is 11.1. The van der Waals surface area contributed by atoms with E-state index >= 15 is 0 Å². The van der Waals surface area contributed by atoms with E-state index in [1.807, 2.05) is 0 Å². The van der Waals surface area contributed by atoms with Crippen molar-refractivity contribution >= 4 is 62.4 Å². The van der Waals surface area contributed by atoms with E-state index in [4.69, 9.17) is 0 Å². The quantitative estimate of drug-likeness (QED) is 0.250. The van der Waals surface area contributed by atoms with Crippen LogP contribution in [-0.2, 0) is 19.4 Å². The molecule has 8 nitrogen and oxygen atoms in total. The van der Waals surface area contributed by atoms with Crippen LogP contribution >= 0.6 is 0 Å². The summed E-state index contributed by atoms with van der Waals surface area (Å²) >= 11 is 0. The van der Waals surface area contributed by atoms with Crippen molar-refractivity contribution in [1.29, 1.82) is 0 Å². The van der Waals surface area contributed by atoms with Gasteiger partial charge in [-0.3, -0.25) is 24.5 Å². The maximum atomic E-state index is 12.4. The molecule has 0 heterocycles. The molecule has 1 aliphatic carbocycles. The molecule has 0 radical (unpaired) electrons. The molecular formula is C14H14NNaO7S. The topological polar surface area (TPSA) is 128 Å². The Bertz CT molecular complexity index is 816. The van der Waals surface area contributed by atoms with Crippen molar-refractivity contribution in [3.63, 3.8) is 0 Å². The minimum absolute atomic E-state index is 0. The van der Waals surface area contributed by atoms with Gasteiger partial charge in [0, 0.05) is 25.2 Å². The third kappa shape index (κ3) is 4.15. The molecule has 1 saturated carbocycles. The third-order valence-electron chi connectivity index (χ3n) is 3.61. The van der Waals surface area contributed by atoms with Gasteiger partial charge in [0.15, 0.2) is 27.2 Å². The maximum absolute atomic E-state index is 12.4. The first-order valence-electron chi connectivity index (χ1n) is 6.71. The van der Waals surface area contributed by atoms with E-state index in [9.17, 15) is 32.9 Å². The van der Waals surface area contributed by atoms with Gasteiger partial charge in [0.25, 0.3) is 5.69 Å². The van der Waals surface area contributed by atoms with Crippen LogP contribution in [0.1, 0.15) is 29.6 Å².